The van der Waals surface area contributed by atoms with Crippen LogP contribution in [0.5, 0.6) is 0 Å². The van der Waals surface area contributed by atoms with E-state index in [0.29, 0.717) is 42.4 Å². The largest absolute Gasteiger partial charge is 0.334 e. The minimum Gasteiger partial charge on any atom is -0.334 e. The minimum atomic E-state index is -1.47. The Morgan fingerprint density at radius 3 is 2.32 bits per heavy atom. The molecule has 0 saturated heterocycles. The van der Waals surface area contributed by atoms with Crippen molar-refractivity contribution >= 4 is 28.5 Å². The molecule has 41 heavy (non-hydrogen) atoms. The highest BCUT2D eigenvalue weighted by Crippen LogP contribution is 2.26. The average molecular weight is 576 g/mol. The number of aryl methyl sites for hydroxylation is 1. The summed E-state index contributed by atoms with van der Waals surface area (Å²) in [5, 5.41) is 3.07. The molecule has 0 spiro atoms. The van der Waals surface area contributed by atoms with E-state index >= 15 is 4.39 Å². The van der Waals surface area contributed by atoms with Crippen molar-refractivity contribution in [3.8, 4) is 11.1 Å². The lowest BCUT2D eigenvalue weighted by molar-refractivity contribution is 0.0741. The lowest BCUT2D eigenvalue weighted by Crippen LogP contribution is -2.32. The highest BCUT2D eigenvalue weighted by Gasteiger charge is 2.23. The lowest BCUT2D eigenvalue weighted by Gasteiger charge is -2.25. The number of pyridine rings is 1. The predicted molar refractivity (Wildman–Crippen MR) is 164 cm³/mol. The Kier molecular flexibility index (Phi) is 11.6. The number of rotatable bonds is 10. The van der Waals surface area contributed by atoms with E-state index in [2.05, 4.69) is 26.3 Å². The van der Waals surface area contributed by atoms with Crippen LogP contribution in [0.2, 0.25) is 0 Å². The molecule has 0 bridgehead atoms. The summed E-state index contributed by atoms with van der Waals surface area (Å²) in [4.78, 5) is 28.3. The van der Waals surface area contributed by atoms with E-state index in [1.54, 1.807) is 42.5 Å². The number of carbonyl (C=O) groups is 1. The van der Waals surface area contributed by atoms with E-state index in [1.165, 1.54) is 12.3 Å². The minimum absolute atomic E-state index is 0.125. The number of aromatic nitrogens is 3. The van der Waals surface area contributed by atoms with E-state index in [1.807, 2.05) is 52.0 Å². The molecule has 2 heterocycles. The summed E-state index contributed by atoms with van der Waals surface area (Å²) < 4.78 is 27.0. The van der Waals surface area contributed by atoms with E-state index in [0.717, 1.165) is 28.7 Å². The van der Waals surface area contributed by atoms with Gasteiger partial charge in [-0.25, -0.2) is 19.3 Å². The Hall–Kier alpha value is -3.98. The smallest absolute Gasteiger partial charge is 0.254 e. The zero-order valence-electron chi connectivity index (χ0n) is 24.6. The van der Waals surface area contributed by atoms with Gasteiger partial charge in [-0.3, -0.25) is 9.00 Å². The van der Waals surface area contributed by atoms with Crippen molar-refractivity contribution in [1.29, 1.82) is 0 Å². The third-order valence-electron chi connectivity index (χ3n) is 6.49. The standard InChI is InChI=1S/C30H32FN5O2S.C2H6/c1-5-16-36(29(37)25-11-12-26(39(4)38)28(31)24(25)6-2)19-23-17-21(9-8-20(23)3)22-10-13-27(34-18-22)35-30-32-14-7-15-33-30;1-2/h7-15,17-18H,5-6,16,19H2,1-4H3,(H,32,33,34,35);1-2H3. The maximum Gasteiger partial charge on any atom is 0.254 e. The number of amides is 1. The maximum atomic E-state index is 15.1. The first-order valence-corrected chi connectivity index (χ1v) is 15.4. The van der Waals surface area contributed by atoms with Crippen molar-refractivity contribution in [1.82, 2.24) is 19.9 Å². The molecule has 9 heteroatoms. The van der Waals surface area contributed by atoms with Crippen LogP contribution in [-0.4, -0.2) is 42.8 Å². The van der Waals surface area contributed by atoms with Crippen LogP contribution in [0.15, 0.2) is 72.0 Å². The Labute approximate surface area is 244 Å². The Balaban J connectivity index is 0.00000226. The molecule has 4 aromatic rings. The molecule has 1 amide bonds. The molecule has 0 aliphatic heterocycles. The van der Waals surface area contributed by atoms with Gasteiger partial charge < -0.3 is 10.2 Å². The molecule has 216 valence electrons. The van der Waals surface area contributed by atoms with Gasteiger partial charge in [-0.15, -0.1) is 0 Å². The third kappa shape index (κ3) is 7.82. The molecule has 2 aromatic heterocycles. The van der Waals surface area contributed by atoms with Crippen LogP contribution >= 0.6 is 0 Å². The number of halogens is 1. The van der Waals surface area contributed by atoms with Crippen molar-refractivity contribution in [3.05, 3.63) is 95.2 Å². The van der Waals surface area contributed by atoms with E-state index in [-0.39, 0.29) is 10.8 Å². The Morgan fingerprint density at radius 1 is 1.00 bits per heavy atom. The second kappa shape index (κ2) is 15.1. The molecule has 1 unspecified atom stereocenters. The number of anilines is 2. The molecule has 1 atom stereocenters. The first kappa shape index (κ1) is 31.5. The summed E-state index contributed by atoms with van der Waals surface area (Å²) in [6.45, 7) is 10.7. The molecule has 0 radical (unpaired) electrons. The number of hydrogen-bond acceptors (Lipinski definition) is 6. The number of nitrogens with zero attached hydrogens (tertiary/aromatic N) is 4. The predicted octanol–water partition coefficient (Wildman–Crippen LogP) is 7.11. The fourth-order valence-electron chi connectivity index (χ4n) is 4.40. The van der Waals surface area contributed by atoms with Gasteiger partial charge in [-0.05, 0) is 72.9 Å². The van der Waals surface area contributed by atoms with Crippen LogP contribution in [0.4, 0.5) is 16.2 Å². The third-order valence-corrected chi connectivity index (χ3v) is 7.43. The lowest BCUT2D eigenvalue weighted by atomic mass is 9.99. The quantitative estimate of drug-likeness (QED) is 0.217. The van der Waals surface area contributed by atoms with E-state index < -0.39 is 16.6 Å². The number of benzene rings is 2. The molecule has 2 aromatic carbocycles. The van der Waals surface area contributed by atoms with Crippen molar-refractivity contribution in [2.75, 3.05) is 18.1 Å². The van der Waals surface area contributed by atoms with Gasteiger partial charge in [-0.1, -0.05) is 39.8 Å². The summed E-state index contributed by atoms with van der Waals surface area (Å²) in [5.74, 6) is 0.322. The fourth-order valence-corrected chi connectivity index (χ4v) is 5.04. The topological polar surface area (TPSA) is 88.1 Å². The van der Waals surface area contributed by atoms with Gasteiger partial charge in [-0.2, -0.15) is 0 Å². The summed E-state index contributed by atoms with van der Waals surface area (Å²) >= 11 is 0. The van der Waals surface area contributed by atoms with Gasteiger partial charge in [0.1, 0.15) is 11.6 Å². The second-order valence-electron chi connectivity index (χ2n) is 9.21. The summed E-state index contributed by atoms with van der Waals surface area (Å²) in [6.07, 6.45) is 7.63. The monoisotopic (exact) mass is 575 g/mol. The van der Waals surface area contributed by atoms with Crippen LogP contribution < -0.4 is 5.32 Å². The molecule has 0 saturated carbocycles. The Morgan fingerprint density at radius 2 is 1.71 bits per heavy atom. The van der Waals surface area contributed by atoms with Crippen LogP contribution in [0.25, 0.3) is 11.1 Å². The number of hydrogen-bond donors (Lipinski definition) is 1. The highest BCUT2D eigenvalue weighted by molar-refractivity contribution is 7.84. The fraction of sp³-hybridized carbons (Fsp3) is 0.312. The van der Waals surface area contributed by atoms with Crippen molar-refractivity contribution in [2.45, 2.75) is 58.9 Å². The number of carbonyl (C=O) groups excluding carboxylic acids is 1. The van der Waals surface area contributed by atoms with Gasteiger partial charge in [0.15, 0.2) is 0 Å². The van der Waals surface area contributed by atoms with Crippen LogP contribution in [0.3, 0.4) is 0 Å². The Bertz CT molecular complexity index is 1480. The van der Waals surface area contributed by atoms with E-state index in [4.69, 9.17) is 0 Å². The molecule has 4 rings (SSSR count). The SMILES string of the molecule is CC.CCCN(Cc1cc(-c2ccc(Nc3ncccn3)nc2)ccc1C)C(=O)c1ccc(S(C)=O)c(F)c1CC. The zero-order valence-corrected chi connectivity index (χ0v) is 25.4. The van der Waals surface area contributed by atoms with Gasteiger partial charge in [0.25, 0.3) is 5.91 Å². The van der Waals surface area contributed by atoms with Gasteiger partial charge in [0.05, 0.1) is 15.7 Å². The summed E-state index contributed by atoms with van der Waals surface area (Å²) in [5.41, 5.74) is 4.59. The maximum absolute atomic E-state index is 15.1. The normalized spacial score (nSPS) is 11.3. The van der Waals surface area contributed by atoms with Crippen LogP contribution in [-0.2, 0) is 23.8 Å². The first-order valence-electron chi connectivity index (χ1n) is 13.9. The second-order valence-corrected chi connectivity index (χ2v) is 10.6. The number of nitrogens with one attached hydrogen (secondary N) is 1. The molecule has 0 aliphatic carbocycles. The van der Waals surface area contributed by atoms with Gasteiger partial charge >= 0.3 is 0 Å². The van der Waals surface area contributed by atoms with Gasteiger partial charge in [0, 0.05) is 54.6 Å². The van der Waals surface area contributed by atoms with Crippen LogP contribution in [0.1, 0.15) is 61.2 Å². The van der Waals surface area contributed by atoms with Crippen LogP contribution in [0, 0.1) is 12.7 Å². The van der Waals surface area contributed by atoms with E-state index in [9.17, 15) is 9.00 Å². The molecule has 7 nitrogen and oxygen atoms in total. The molecular formula is C32H38FN5O2S. The zero-order chi connectivity index (χ0) is 29.9. The molecule has 0 fully saturated rings. The summed E-state index contributed by atoms with van der Waals surface area (Å²) in [7, 11) is -1.47. The average Bonchev–Trinajstić information content (AvgIpc) is 2.99. The summed E-state index contributed by atoms with van der Waals surface area (Å²) in [6, 6.07) is 14.8. The molecule has 1 N–H and O–H groups in total. The molecular weight excluding hydrogens is 537 g/mol. The van der Waals surface area contributed by atoms with Crippen molar-refractivity contribution in [2.24, 2.45) is 0 Å². The van der Waals surface area contributed by atoms with Crippen molar-refractivity contribution < 1.29 is 13.4 Å². The molecule has 0 aliphatic rings. The van der Waals surface area contributed by atoms with Crippen molar-refractivity contribution in [3.63, 3.8) is 0 Å². The first-order chi connectivity index (χ1) is 19.8. The van der Waals surface area contributed by atoms with Gasteiger partial charge in [0.2, 0.25) is 5.95 Å². The highest BCUT2D eigenvalue weighted by atomic mass is 32.2.